The number of aryl methyl sites for hydroxylation is 2. The molecule has 0 aliphatic carbocycles. The van der Waals surface area contributed by atoms with E-state index in [2.05, 4.69) is 14.9 Å². The molecule has 6 nitrogen and oxygen atoms in total. The van der Waals surface area contributed by atoms with E-state index < -0.39 is 0 Å². The minimum atomic E-state index is -0.185. The lowest BCUT2D eigenvalue weighted by atomic mass is 10.1. The van der Waals surface area contributed by atoms with E-state index in [1.807, 2.05) is 50.2 Å². The lowest BCUT2D eigenvalue weighted by molar-refractivity contribution is 0.0949. The zero-order valence-corrected chi connectivity index (χ0v) is 18.2. The fourth-order valence-electron chi connectivity index (χ4n) is 3.51. The summed E-state index contributed by atoms with van der Waals surface area (Å²) in [6.07, 6.45) is 3.18. The van der Waals surface area contributed by atoms with Crippen molar-refractivity contribution in [1.82, 2.24) is 19.9 Å². The molecule has 4 aromatic rings. The van der Waals surface area contributed by atoms with Crippen LogP contribution >= 0.6 is 11.6 Å². The van der Waals surface area contributed by atoms with Gasteiger partial charge in [0, 0.05) is 17.4 Å². The van der Waals surface area contributed by atoms with Crippen LogP contribution in [0.15, 0.2) is 60.9 Å². The molecule has 2 aromatic carbocycles. The van der Waals surface area contributed by atoms with Crippen molar-refractivity contribution in [2.45, 2.75) is 26.9 Å². The smallest absolute Gasteiger partial charge is 0.253 e. The fraction of sp³-hybridized carbons (Fsp3) is 0.208. The Morgan fingerprint density at radius 1 is 1.13 bits per heavy atom. The Hall–Kier alpha value is -3.38. The first-order valence-corrected chi connectivity index (χ1v) is 10.4. The summed E-state index contributed by atoms with van der Waals surface area (Å²) in [5.74, 6) is 1.37. The summed E-state index contributed by atoms with van der Waals surface area (Å²) in [6.45, 7) is 5.30. The van der Waals surface area contributed by atoms with E-state index in [1.165, 1.54) is 0 Å². The molecule has 0 saturated heterocycles. The van der Waals surface area contributed by atoms with Crippen molar-refractivity contribution < 1.29 is 9.53 Å². The van der Waals surface area contributed by atoms with Crippen LogP contribution in [0.5, 0.6) is 5.75 Å². The Morgan fingerprint density at radius 2 is 1.90 bits per heavy atom. The Bertz CT molecular complexity index is 1200. The number of aromatic nitrogens is 3. The van der Waals surface area contributed by atoms with Gasteiger partial charge in [0.2, 0.25) is 0 Å². The van der Waals surface area contributed by atoms with Crippen LogP contribution in [0.3, 0.4) is 0 Å². The van der Waals surface area contributed by atoms with Crippen LogP contribution in [0, 0.1) is 13.8 Å². The van der Waals surface area contributed by atoms with E-state index in [9.17, 15) is 4.79 Å². The minimum Gasteiger partial charge on any atom is -0.492 e. The Morgan fingerprint density at radius 3 is 2.65 bits per heavy atom. The molecule has 0 bridgehead atoms. The van der Waals surface area contributed by atoms with E-state index in [-0.39, 0.29) is 5.91 Å². The summed E-state index contributed by atoms with van der Waals surface area (Å²) in [5.41, 5.74) is 4.38. The van der Waals surface area contributed by atoms with Crippen molar-refractivity contribution >= 4 is 28.5 Å². The van der Waals surface area contributed by atoms with E-state index >= 15 is 0 Å². The third kappa shape index (κ3) is 4.70. The van der Waals surface area contributed by atoms with E-state index in [0.29, 0.717) is 25.3 Å². The summed E-state index contributed by atoms with van der Waals surface area (Å²) in [4.78, 5) is 21.1. The number of nitrogens with one attached hydrogen (secondary N) is 1. The second kappa shape index (κ2) is 9.18. The van der Waals surface area contributed by atoms with Crippen molar-refractivity contribution in [1.29, 1.82) is 0 Å². The highest BCUT2D eigenvalue weighted by atomic mass is 35.5. The van der Waals surface area contributed by atoms with Crippen LogP contribution in [0.2, 0.25) is 5.02 Å². The largest absolute Gasteiger partial charge is 0.492 e. The summed E-state index contributed by atoms with van der Waals surface area (Å²) in [6, 6.07) is 15.3. The SMILES string of the molecule is Cc1cc(OCCn2c(CNC(=O)c3cccnc3)nc3ccccc32)cc(C)c1Cl. The van der Waals surface area contributed by atoms with Crippen molar-refractivity contribution in [3.05, 3.63) is 88.5 Å². The van der Waals surface area contributed by atoms with Crippen LogP contribution in [-0.4, -0.2) is 27.0 Å². The third-order valence-corrected chi connectivity index (χ3v) is 5.65. The number of ether oxygens (including phenoxy) is 1. The number of hydrogen-bond donors (Lipinski definition) is 1. The molecule has 0 atom stereocenters. The molecule has 0 aliphatic rings. The first kappa shape index (κ1) is 20.9. The second-order valence-electron chi connectivity index (χ2n) is 7.31. The van der Waals surface area contributed by atoms with E-state index in [0.717, 1.165) is 38.8 Å². The lowest BCUT2D eigenvalue weighted by Crippen LogP contribution is -2.25. The van der Waals surface area contributed by atoms with Gasteiger partial charge < -0.3 is 14.6 Å². The summed E-state index contributed by atoms with van der Waals surface area (Å²) >= 11 is 6.25. The van der Waals surface area contributed by atoms with Crippen LogP contribution < -0.4 is 10.1 Å². The molecular weight excluding hydrogens is 412 g/mol. The molecule has 31 heavy (non-hydrogen) atoms. The predicted molar refractivity (Wildman–Crippen MR) is 122 cm³/mol. The molecule has 4 rings (SSSR count). The van der Waals surface area contributed by atoms with E-state index in [1.54, 1.807) is 24.5 Å². The molecule has 7 heteroatoms. The molecule has 2 aromatic heterocycles. The standard InChI is InChI=1S/C24H23ClN4O2/c1-16-12-19(13-17(2)23(16)25)31-11-10-29-21-8-4-3-7-20(21)28-22(29)15-27-24(30)18-6-5-9-26-14-18/h3-9,12-14H,10-11,15H2,1-2H3,(H,27,30). The molecule has 0 radical (unpaired) electrons. The van der Waals surface area contributed by atoms with Gasteiger partial charge in [-0.3, -0.25) is 9.78 Å². The van der Waals surface area contributed by atoms with Crippen molar-refractivity contribution in [3.63, 3.8) is 0 Å². The zero-order valence-electron chi connectivity index (χ0n) is 17.4. The summed E-state index contributed by atoms with van der Waals surface area (Å²) in [7, 11) is 0. The van der Waals surface area contributed by atoms with Gasteiger partial charge in [-0.2, -0.15) is 0 Å². The number of pyridine rings is 1. The van der Waals surface area contributed by atoms with Gasteiger partial charge in [0.1, 0.15) is 18.2 Å². The minimum absolute atomic E-state index is 0.185. The van der Waals surface area contributed by atoms with Gasteiger partial charge >= 0.3 is 0 Å². The van der Waals surface area contributed by atoms with Crippen LogP contribution in [0.4, 0.5) is 0 Å². The number of hydrogen-bond acceptors (Lipinski definition) is 4. The van der Waals surface area contributed by atoms with Crippen LogP contribution in [-0.2, 0) is 13.1 Å². The van der Waals surface area contributed by atoms with Crippen LogP contribution in [0.25, 0.3) is 11.0 Å². The van der Waals surface area contributed by atoms with Crippen molar-refractivity contribution in [2.24, 2.45) is 0 Å². The average molecular weight is 435 g/mol. The molecule has 1 amide bonds. The molecule has 0 fully saturated rings. The number of halogens is 1. The number of nitrogens with zero attached hydrogens (tertiary/aromatic N) is 3. The first-order chi connectivity index (χ1) is 15.0. The highest BCUT2D eigenvalue weighted by molar-refractivity contribution is 6.32. The van der Waals surface area contributed by atoms with Crippen molar-refractivity contribution in [2.75, 3.05) is 6.61 Å². The number of fused-ring (bicyclic) bond motifs is 1. The Balaban J connectivity index is 1.49. The fourth-order valence-corrected chi connectivity index (χ4v) is 3.62. The first-order valence-electron chi connectivity index (χ1n) is 10.0. The maximum absolute atomic E-state index is 12.4. The Kier molecular flexibility index (Phi) is 6.18. The van der Waals surface area contributed by atoms with Gasteiger partial charge in [-0.1, -0.05) is 23.7 Å². The molecule has 158 valence electrons. The van der Waals surface area contributed by atoms with Gasteiger partial charge in [-0.05, 0) is 61.4 Å². The van der Waals surface area contributed by atoms with Crippen molar-refractivity contribution in [3.8, 4) is 5.75 Å². The molecule has 1 N–H and O–H groups in total. The number of benzene rings is 2. The second-order valence-corrected chi connectivity index (χ2v) is 7.69. The monoisotopic (exact) mass is 434 g/mol. The van der Waals surface area contributed by atoms with Gasteiger partial charge in [0.05, 0.1) is 29.7 Å². The number of rotatable bonds is 7. The van der Waals surface area contributed by atoms with Crippen LogP contribution in [0.1, 0.15) is 27.3 Å². The van der Waals surface area contributed by atoms with Gasteiger partial charge in [0.25, 0.3) is 5.91 Å². The normalized spacial score (nSPS) is 10.9. The highest BCUT2D eigenvalue weighted by Gasteiger charge is 2.13. The summed E-state index contributed by atoms with van der Waals surface area (Å²) < 4.78 is 8.07. The number of imidazole rings is 1. The molecule has 0 saturated carbocycles. The molecular formula is C24H23ClN4O2. The topological polar surface area (TPSA) is 69.0 Å². The number of amides is 1. The lowest BCUT2D eigenvalue weighted by Gasteiger charge is -2.13. The van der Waals surface area contributed by atoms with Gasteiger partial charge in [-0.25, -0.2) is 4.98 Å². The zero-order chi connectivity index (χ0) is 21.8. The quantitative estimate of drug-likeness (QED) is 0.457. The Labute approximate surface area is 185 Å². The summed E-state index contributed by atoms with van der Waals surface area (Å²) in [5, 5.41) is 3.69. The molecule has 2 heterocycles. The van der Waals surface area contributed by atoms with Gasteiger partial charge in [-0.15, -0.1) is 0 Å². The predicted octanol–water partition coefficient (Wildman–Crippen LogP) is 4.71. The van der Waals surface area contributed by atoms with Gasteiger partial charge in [0.15, 0.2) is 0 Å². The molecule has 0 aliphatic heterocycles. The van der Waals surface area contributed by atoms with E-state index in [4.69, 9.17) is 21.3 Å². The number of carbonyl (C=O) groups excluding carboxylic acids is 1. The maximum Gasteiger partial charge on any atom is 0.253 e. The third-order valence-electron chi connectivity index (χ3n) is 5.06. The average Bonchev–Trinajstić information content (AvgIpc) is 3.14. The number of carbonyl (C=O) groups is 1. The maximum atomic E-state index is 12.4. The molecule has 0 unspecified atom stereocenters. The highest BCUT2D eigenvalue weighted by Crippen LogP contribution is 2.26. The molecule has 0 spiro atoms. The number of para-hydroxylation sites is 2.